The maximum absolute atomic E-state index is 11.8. The average molecular weight is 316 g/mol. The third kappa shape index (κ3) is 3.45. The lowest BCUT2D eigenvalue weighted by atomic mass is 10.1. The first-order valence-electron chi connectivity index (χ1n) is 7.15. The van der Waals surface area contributed by atoms with Crippen LogP contribution in [0.15, 0.2) is 34.9 Å². The van der Waals surface area contributed by atoms with Crippen molar-refractivity contribution in [2.75, 3.05) is 6.79 Å². The fraction of sp³-hybridized carbons (Fsp3) is 0.250. The van der Waals surface area contributed by atoms with Crippen LogP contribution in [-0.4, -0.2) is 18.6 Å². The minimum absolute atomic E-state index is 0.221. The van der Waals surface area contributed by atoms with E-state index in [1.807, 2.05) is 18.2 Å². The molecule has 1 aromatic heterocycles. The summed E-state index contributed by atoms with van der Waals surface area (Å²) in [5.74, 6) is 1.20. The third-order valence-electron chi connectivity index (χ3n) is 3.50. The average Bonchev–Trinajstić information content (AvgIpc) is 3.18. The summed E-state index contributed by atoms with van der Waals surface area (Å²) in [4.78, 5) is 23.6. The van der Waals surface area contributed by atoms with Crippen LogP contribution in [0.3, 0.4) is 0 Å². The molecule has 1 aromatic carbocycles. The van der Waals surface area contributed by atoms with Crippen LogP contribution in [0.1, 0.15) is 28.1 Å². The lowest BCUT2D eigenvalue weighted by molar-refractivity contribution is -0.121. The summed E-state index contributed by atoms with van der Waals surface area (Å²) < 4.78 is 15.6. The van der Waals surface area contributed by atoms with E-state index in [4.69, 9.17) is 13.9 Å². The van der Waals surface area contributed by atoms with Gasteiger partial charge < -0.3 is 13.9 Å². The number of aryl methyl sites for hydroxylation is 2. The van der Waals surface area contributed by atoms with Crippen molar-refractivity contribution in [1.82, 2.24) is 10.9 Å². The van der Waals surface area contributed by atoms with Crippen LogP contribution in [0.5, 0.6) is 11.5 Å². The predicted molar refractivity (Wildman–Crippen MR) is 79.9 cm³/mol. The number of fused-ring (bicyclic) bond motifs is 1. The van der Waals surface area contributed by atoms with Crippen molar-refractivity contribution in [2.24, 2.45) is 0 Å². The Morgan fingerprint density at radius 2 is 1.96 bits per heavy atom. The Bertz CT molecular complexity index is 738. The van der Waals surface area contributed by atoms with Gasteiger partial charge in [0.25, 0.3) is 5.91 Å². The molecule has 0 saturated carbocycles. The molecular formula is C16H16N2O5. The van der Waals surface area contributed by atoms with Crippen LogP contribution in [-0.2, 0) is 11.2 Å². The summed E-state index contributed by atoms with van der Waals surface area (Å²) in [7, 11) is 0. The van der Waals surface area contributed by atoms with Gasteiger partial charge in [0, 0.05) is 6.42 Å². The lowest BCUT2D eigenvalue weighted by Gasteiger charge is -2.07. The van der Waals surface area contributed by atoms with Gasteiger partial charge in [0.2, 0.25) is 12.7 Å². The largest absolute Gasteiger partial charge is 0.469 e. The highest BCUT2D eigenvalue weighted by molar-refractivity contribution is 5.96. The van der Waals surface area contributed by atoms with Crippen LogP contribution in [0, 0.1) is 6.92 Å². The minimum Gasteiger partial charge on any atom is -0.469 e. The Morgan fingerprint density at radius 1 is 1.13 bits per heavy atom. The number of benzene rings is 1. The van der Waals surface area contributed by atoms with E-state index in [9.17, 15) is 9.59 Å². The second-order valence-electron chi connectivity index (χ2n) is 5.08. The van der Waals surface area contributed by atoms with Crippen molar-refractivity contribution >= 4 is 11.8 Å². The van der Waals surface area contributed by atoms with Gasteiger partial charge >= 0.3 is 0 Å². The number of nitrogens with one attached hydrogen (secondary N) is 2. The summed E-state index contributed by atoms with van der Waals surface area (Å²) >= 11 is 0. The molecule has 0 atom stereocenters. The van der Waals surface area contributed by atoms with Crippen LogP contribution < -0.4 is 20.3 Å². The van der Waals surface area contributed by atoms with Crippen molar-refractivity contribution in [3.63, 3.8) is 0 Å². The maximum Gasteiger partial charge on any atom is 0.273 e. The van der Waals surface area contributed by atoms with E-state index in [1.165, 1.54) is 6.26 Å². The standard InChI is InChI=1S/C16H16N2O5/c1-10-12(6-7-21-10)16(20)18-17-15(19)5-3-11-2-4-13-14(8-11)23-9-22-13/h2,4,6-8H,3,5,9H2,1H3,(H,17,19)(H,18,20). The summed E-state index contributed by atoms with van der Waals surface area (Å²) in [6, 6.07) is 7.10. The molecule has 120 valence electrons. The van der Waals surface area contributed by atoms with Crippen molar-refractivity contribution < 1.29 is 23.5 Å². The van der Waals surface area contributed by atoms with E-state index in [0.717, 1.165) is 5.56 Å². The van der Waals surface area contributed by atoms with Crippen molar-refractivity contribution in [3.8, 4) is 11.5 Å². The zero-order chi connectivity index (χ0) is 16.2. The molecule has 3 rings (SSSR count). The Hall–Kier alpha value is -2.96. The molecule has 2 aromatic rings. The van der Waals surface area contributed by atoms with E-state index in [-0.39, 0.29) is 19.1 Å². The zero-order valence-electron chi connectivity index (χ0n) is 12.5. The van der Waals surface area contributed by atoms with Gasteiger partial charge in [0.1, 0.15) is 5.76 Å². The quantitative estimate of drug-likeness (QED) is 0.838. The number of hydrogen-bond acceptors (Lipinski definition) is 5. The first-order chi connectivity index (χ1) is 11.1. The molecule has 0 saturated heterocycles. The number of hydrazine groups is 1. The Kier molecular flexibility index (Phi) is 4.18. The molecule has 2 N–H and O–H groups in total. The number of carbonyl (C=O) groups excluding carboxylic acids is 2. The van der Waals surface area contributed by atoms with Gasteiger partial charge in [-0.3, -0.25) is 20.4 Å². The Morgan fingerprint density at radius 3 is 2.74 bits per heavy atom. The van der Waals surface area contributed by atoms with Crippen LogP contribution in [0.25, 0.3) is 0 Å². The fourth-order valence-corrected chi connectivity index (χ4v) is 2.23. The molecule has 0 unspecified atom stereocenters. The van der Waals surface area contributed by atoms with Gasteiger partial charge in [0.05, 0.1) is 11.8 Å². The molecule has 0 aliphatic carbocycles. The normalized spacial score (nSPS) is 12.0. The van der Waals surface area contributed by atoms with E-state index in [0.29, 0.717) is 29.2 Å². The van der Waals surface area contributed by atoms with Crippen molar-refractivity contribution in [1.29, 1.82) is 0 Å². The maximum atomic E-state index is 11.8. The highest BCUT2D eigenvalue weighted by Crippen LogP contribution is 2.32. The number of amides is 2. The molecule has 0 spiro atoms. The van der Waals surface area contributed by atoms with Crippen molar-refractivity contribution in [3.05, 3.63) is 47.4 Å². The fourth-order valence-electron chi connectivity index (χ4n) is 2.23. The molecule has 1 aliphatic heterocycles. The number of hydrogen-bond donors (Lipinski definition) is 2. The summed E-state index contributed by atoms with van der Waals surface area (Å²) in [5.41, 5.74) is 6.09. The van der Waals surface area contributed by atoms with Gasteiger partial charge in [-0.15, -0.1) is 0 Å². The molecule has 7 nitrogen and oxygen atoms in total. The number of furan rings is 1. The minimum atomic E-state index is -0.410. The molecule has 0 fully saturated rings. The Labute approximate surface area is 132 Å². The molecule has 7 heteroatoms. The molecule has 23 heavy (non-hydrogen) atoms. The van der Waals surface area contributed by atoms with Gasteiger partial charge in [-0.2, -0.15) is 0 Å². The summed E-state index contributed by atoms with van der Waals surface area (Å²) in [6.07, 6.45) is 2.19. The van der Waals surface area contributed by atoms with E-state index in [2.05, 4.69) is 10.9 Å². The molecule has 1 aliphatic rings. The molecular weight excluding hydrogens is 300 g/mol. The van der Waals surface area contributed by atoms with Crippen molar-refractivity contribution in [2.45, 2.75) is 19.8 Å². The summed E-state index contributed by atoms with van der Waals surface area (Å²) in [6.45, 7) is 1.90. The second-order valence-corrected chi connectivity index (χ2v) is 5.08. The van der Waals surface area contributed by atoms with Crippen LogP contribution in [0.2, 0.25) is 0 Å². The van der Waals surface area contributed by atoms with E-state index < -0.39 is 5.91 Å². The Balaban J connectivity index is 1.46. The zero-order valence-corrected chi connectivity index (χ0v) is 12.5. The number of rotatable bonds is 4. The van der Waals surface area contributed by atoms with Crippen LogP contribution >= 0.6 is 0 Å². The van der Waals surface area contributed by atoms with Crippen LogP contribution in [0.4, 0.5) is 0 Å². The first kappa shape index (κ1) is 15.0. The number of carbonyl (C=O) groups is 2. The third-order valence-corrected chi connectivity index (χ3v) is 3.50. The smallest absolute Gasteiger partial charge is 0.273 e. The molecule has 0 bridgehead atoms. The highest BCUT2D eigenvalue weighted by atomic mass is 16.7. The molecule has 2 heterocycles. The molecule has 2 amide bonds. The number of ether oxygens (including phenoxy) is 2. The predicted octanol–water partition coefficient (Wildman–Crippen LogP) is 1.71. The monoisotopic (exact) mass is 316 g/mol. The van der Waals surface area contributed by atoms with Gasteiger partial charge in [0.15, 0.2) is 11.5 Å². The van der Waals surface area contributed by atoms with Gasteiger partial charge in [-0.1, -0.05) is 6.07 Å². The topological polar surface area (TPSA) is 89.8 Å². The highest BCUT2D eigenvalue weighted by Gasteiger charge is 2.14. The van der Waals surface area contributed by atoms with E-state index in [1.54, 1.807) is 13.0 Å². The summed E-state index contributed by atoms with van der Waals surface area (Å²) in [5, 5.41) is 0. The molecule has 0 radical (unpaired) electrons. The van der Waals surface area contributed by atoms with E-state index >= 15 is 0 Å². The SMILES string of the molecule is Cc1occc1C(=O)NNC(=O)CCc1ccc2c(c1)OCO2. The first-order valence-corrected chi connectivity index (χ1v) is 7.15. The van der Waals surface area contributed by atoms with Gasteiger partial charge in [-0.25, -0.2) is 0 Å². The second kappa shape index (κ2) is 6.43. The van der Waals surface area contributed by atoms with Gasteiger partial charge in [-0.05, 0) is 37.1 Å². The lowest BCUT2D eigenvalue weighted by Crippen LogP contribution is -2.41.